The van der Waals surface area contributed by atoms with E-state index >= 15 is 0 Å². The van der Waals surface area contributed by atoms with Crippen molar-refractivity contribution in [3.8, 4) is 0 Å². The number of rotatable bonds is 1. The lowest BCUT2D eigenvalue weighted by molar-refractivity contribution is -0.114. The molecular weight excluding hydrogens is 212 g/mol. The average molecular weight is 228 g/mol. The third-order valence-electron chi connectivity index (χ3n) is 4.02. The van der Waals surface area contributed by atoms with E-state index in [0.29, 0.717) is 0 Å². The maximum atomic E-state index is 10.8. The van der Waals surface area contributed by atoms with E-state index in [2.05, 4.69) is 24.3 Å². The van der Waals surface area contributed by atoms with Gasteiger partial charge in [0.1, 0.15) is 11.9 Å². The van der Waals surface area contributed by atoms with Gasteiger partial charge in [-0.2, -0.15) is 0 Å². The molecule has 17 heavy (non-hydrogen) atoms. The molecule has 3 rings (SSSR count). The minimum atomic E-state index is -0.176. The molecule has 1 aromatic carbocycles. The quantitative estimate of drug-likeness (QED) is 0.689. The van der Waals surface area contributed by atoms with E-state index in [9.17, 15) is 4.79 Å². The molecule has 1 heterocycles. The fourth-order valence-electron chi connectivity index (χ4n) is 2.99. The molecule has 0 amide bonds. The number of hydrogen-bond donors (Lipinski definition) is 0. The van der Waals surface area contributed by atoms with Crippen LogP contribution in [0.3, 0.4) is 0 Å². The van der Waals surface area contributed by atoms with Crippen molar-refractivity contribution in [2.45, 2.75) is 31.3 Å². The number of ether oxygens (including phenoxy) is 1. The zero-order valence-electron chi connectivity index (χ0n) is 9.76. The molecule has 0 N–H and O–H groups in total. The van der Waals surface area contributed by atoms with Crippen LogP contribution in [-0.2, 0) is 15.1 Å². The smallest absolute Gasteiger partial charge is 0.134 e. The number of hydrogen-bond acceptors (Lipinski definition) is 2. The van der Waals surface area contributed by atoms with Gasteiger partial charge in [-0.3, -0.25) is 0 Å². The Labute approximate surface area is 101 Å². The average Bonchev–Trinajstić information content (AvgIpc) is 2.40. The summed E-state index contributed by atoms with van der Waals surface area (Å²) in [5.74, 6) is 0.224. The van der Waals surface area contributed by atoms with Crippen LogP contribution in [0.25, 0.3) is 6.08 Å². The van der Waals surface area contributed by atoms with Crippen molar-refractivity contribution in [1.29, 1.82) is 0 Å². The second-order valence-corrected chi connectivity index (χ2v) is 4.98. The van der Waals surface area contributed by atoms with Crippen molar-refractivity contribution < 1.29 is 9.53 Å². The highest BCUT2D eigenvalue weighted by Gasteiger charge is 2.40. The van der Waals surface area contributed by atoms with Crippen molar-refractivity contribution in [2.24, 2.45) is 5.92 Å². The van der Waals surface area contributed by atoms with Gasteiger partial charge < -0.3 is 9.53 Å². The molecule has 1 aromatic rings. The topological polar surface area (TPSA) is 26.3 Å². The van der Waals surface area contributed by atoms with Gasteiger partial charge in [-0.05, 0) is 37.3 Å². The summed E-state index contributed by atoms with van der Waals surface area (Å²) in [6.45, 7) is 0. The van der Waals surface area contributed by atoms with Crippen LogP contribution in [0.15, 0.2) is 30.5 Å². The zero-order chi connectivity index (χ0) is 11.7. The molecular formula is C15H16O2. The predicted molar refractivity (Wildman–Crippen MR) is 66.3 cm³/mol. The number of fused-ring (bicyclic) bond motifs is 2. The monoisotopic (exact) mass is 228 g/mol. The maximum Gasteiger partial charge on any atom is 0.134 e. The minimum absolute atomic E-state index is 0.176. The van der Waals surface area contributed by atoms with Gasteiger partial charge in [-0.25, -0.2) is 0 Å². The van der Waals surface area contributed by atoms with Gasteiger partial charge in [0.2, 0.25) is 0 Å². The molecule has 2 nitrogen and oxygen atoms in total. The summed E-state index contributed by atoms with van der Waals surface area (Å²) in [6, 6.07) is 8.40. The third-order valence-corrected chi connectivity index (χ3v) is 4.02. The Hall–Kier alpha value is -1.57. The van der Waals surface area contributed by atoms with Gasteiger partial charge in [0, 0.05) is 11.5 Å². The van der Waals surface area contributed by atoms with Crippen molar-refractivity contribution in [3.05, 3.63) is 41.7 Å². The number of carbonyl (C=O) groups excluding carboxylic acids is 1. The van der Waals surface area contributed by atoms with Crippen molar-refractivity contribution in [2.75, 3.05) is 0 Å². The van der Waals surface area contributed by atoms with E-state index in [-0.39, 0.29) is 11.5 Å². The molecule has 0 aromatic heterocycles. The summed E-state index contributed by atoms with van der Waals surface area (Å²) in [5, 5.41) is 0. The van der Waals surface area contributed by atoms with E-state index in [0.717, 1.165) is 32.0 Å². The van der Waals surface area contributed by atoms with Crippen LogP contribution in [0.4, 0.5) is 0 Å². The highest BCUT2D eigenvalue weighted by molar-refractivity contribution is 5.58. The lowest BCUT2D eigenvalue weighted by atomic mass is 9.73. The van der Waals surface area contributed by atoms with E-state index in [4.69, 9.17) is 4.74 Å². The molecule has 2 aliphatic rings. The summed E-state index contributed by atoms with van der Waals surface area (Å²) < 4.78 is 5.93. The van der Waals surface area contributed by atoms with Gasteiger partial charge >= 0.3 is 0 Å². The van der Waals surface area contributed by atoms with E-state index in [1.165, 1.54) is 11.1 Å². The summed E-state index contributed by atoms with van der Waals surface area (Å²) in [5.41, 5.74) is 2.36. The Morgan fingerprint density at radius 2 is 2.00 bits per heavy atom. The zero-order valence-corrected chi connectivity index (χ0v) is 9.76. The Kier molecular flexibility index (Phi) is 2.50. The highest BCUT2D eigenvalue weighted by atomic mass is 16.5. The van der Waals surface area contributed by atoms with Gasteiger partial charge in [0.15, 0.2) is 0 Å². The van der Waals surface area contributed by atoms with Gasteiger partial charge in [0.05, 0.1) is 6.26 Å². The van der Waals surface area contributed by atoms with Crippen LogP contribution < -0.4 is 0 Å². The maximum absolute atomic E-state index is 10.8. The SMILES string of the molecule is O=CC1CCC2(CC1)OC=Cc1ccccc12. The minimum Gasteiger partial charge on any atom is -0.490 e. The van der Waals surface area contributed by atoms with Crippen molar-refractivity contribution in [1.82, 2.24) is 0 Å². The van der Waals surface area contributed by atoms with Crippen LogP contribution in [0.2, 0.25) is 0 Å². The van der Waals surface area contributed by atoms with Crippen LogP contribution in [0.1, 0.15) is 36.8 Å². The molecule has 0 unspecified atom stereocenters. The normalized spacial score (nSPS) is 30.7. The Balaban J connectivity index is 1.94. The lowest BCUT2D eigenvalue weighted by Crippen LogP contribution is -2.35. The van der Waals surface area contributed by atoms with E-state index in [1.54, 1.807) is 0 Å². The number of carbonyl (C=O) groups is 1. The summed E-state index contributed by atoms with van der Waals surface area (Å²) in [6.07, 6.45) is 8.68. The molecule has 1 aliphatic heterocycles. The van der Waals surface area contributed by atoms with Crippen molar-refractivity contribution in [3.63, 3.8) is 0 Å². The van der Waals surface area contributed by atoms with Gasteiger partial charge in [-0.1, -0.05) is 24.3 Å². The molecule has 1 spiro atoms. The first-order valence-corrected chi connectivity index (χ1v) is 6.23. The summed E-state index contributed by atoms with van der Waals surface area (Å²) >= 11 is 0. The summed E-state index contributed by atoms with van der Waals surface area (Å²) in [7, 11) is 0. The fraction of sp³-hybridized carbons (Fsp3) is 0.400. The molecule has 0 radical (unpaired) electrons. The van der Waals surface area contributed by atoms with Crippen LogP contribution in [0, 0.1) is 5.92 Å². The molecule has 1 saturated carbocycles. The third kappa shape index (κ3) is 1.68. The van der Waals surface area contributed by atoms with Crippen molar-refractivity contribution >= 4 is 12.4 Å². The summed E-state index contributed by atoms with van der Waals surface area (Å²) in [4.78, 5) is 10.8. The molecule has 1 fully saturated rings. The Morgan fingerprint density at radius 3 is 2.76 bits per heavy atom. The first kappa shape index (κ1) is 10.6. The molecule has 0 saturated heterocycles. The largest absolute Gasteiger partial charge is 0.490 e. The first-order valence-electron chi connectivity index (χ1n) is 6.23. The molecule has 0 atom stereocenters. The lowest BCUT2D eigenvalue weighted by Gasteiger charge is -2.41. The highest BCUT2D eigenvalue weighted by Crippen LogP contribution is 2.45. The standard InChI is InChI=1S/C15H16O2/c16-11-12-5-8-15(9-6-12)14-4-2-1-3-13(14)7-10-17-15/h1-4,7,10-12H,5-6,8-9H2. The van der Waals surface area contributed by atoms with E-state index < -0.39 is 0 Å². The molecule has 1 aliphatic carbocycles. The van der Waals surface area contributed by atoms with E-state index in [1.807, 2.05) is 12.3 Å². The van der Waals surface area contributed by atoms with Crippen LogP contribution in [0.5, 0.6) is 0 Å². The Bertz CT molecular complexity index is 454. The Morgan fingerprint density at radius 1 is 1.24 bits per heavy atom. The second-order valence-electron chi connectivity index (χ2n) is 4.98. The van der Waals surface area contributed by atoms with Crippen LogP contribution in [-0.4, -0.2) is 6.29 Å². The second kappa shape index (κ2) is 4.02. The van der Waals surface area contributed by atoms with Gasteiger partial charge in [0.25, 0.3) is 0 Å². The number of benzene rings is 1. The van der Waals surface area contributed by atoms with Gasteiger partial charge in [-0.15, -0.1) is 0 Å². The predicted octanol–water partition coefficient (Wildman–Crippen LogP) is 3.27. The molecule has 0 bridgehead atoms. The fourth-order valence-corrected chi connectivity index (χ4v) is 2.99. The molecule has 88 valence electrons. The molecule has 2 heteroatoms. The number of aldehydes is 1. The first-order chi connectivity index (χ1) is 8.34. The van der Waals surface area contributed by atoms with Crippen LogP contribution >= 0.6 is 0 Å².